The molecule has 0 radical (unpaired) electrons. The molecule has 0 saturated carbocycles. The van der Waals surface area contributed by atoms with Crippen LogP contribution in [-0.4, -0.2) is 4.40 Å². The molecule has 3 aromatic heterocycles. The van der Waals surface area contributed by atoms with Crippen LogP contribution < -0.4 is 5.56 Å². The van der Waals surface area contributed by atoms with Gasteiger partial charge in [0.25, 0.3) is 5.56 Å². The average molecular weight is 452 g/mol. The molecule has 3 heteroatoms. The summed E-state index contributed by atoms with van der Waals surface area (Å²) in [6.07, 6.45) is 0. The minimum Gasteiger partial charge on any atom is -0.275 e. The second kappa shape index (κ2) is 6.43. The normalized spacial score (nSPS) is 12.2. The molecule has 2 nitrogen and oxygen atoms in total. The number of nitrogens with zero attached hydrogens (tertiary/aromatic N) is 1. The van der Waals surface area contributed by atoms with Crippen molar-refractivity contribution in [3.05, 3.63) is 113 Å². The van der Waals surface area contributed by atoms with E-state index in [-0.39, 0.29) is 5.56 Å². The number of rotatable bonds is 1. The van der Waals surface area contributed by atoms with Gasteiger partial charge in [-0.05, 0) is 52.9 Å². The van der Waals surface area contributed by atoms with E-state index in [9.17, 15) is 4.79 Å². The number of pyridine rings is 1. The molecule has 0 aliphatic carbocycles. The van der Waals surface area contributed by atoms with E-state index in [4.69, 9.17) is 0 Å². The monoisotopic (exact) mass is 451 g/mol. The third kappa shape index (κ3) is 2.27. The summed E-state index contributed by atoms with van der Waals surface area (Å²) in [5, 5.41) is 7.72. The van der Waals surface area contributed by atoms with Gasteiger partial charge in [-0.15, -0.1) is 11.3 Å². The summed E-state index contributed by atoms with van der Waals surface area (Å²) in [6, 6.07) is 36.1. The van der Waals surface area contributed by atoms with Crippen LogP contribution in [0.15, 0.2) is 108 Å². The summed E-state index contributed by atoms with van der Waals surface area (Å²) >= 11 is 1.83. The molecular formula is C31H17NOS. The molecule has 5 aromatic carbocycles. The number of fused-ring (bicyclic) bond motifs is 8. The molecule has 3 heterocycles. The molecule has 0 amide bonds. The molecule has 0 N–H and O–H groups in total. The summed E-state index contributed by atoms with van der Waals surface area (Å²) in [7, 11) is 0. The van der Waals surface area contributed by atoms with Gasteiger partial charge in [-0.25, -0.2) is 0 Å². The molecule has 0 saturated heterocycles. The van der Waals surface area contributed by atoms with E-state index in [0.29, 0.717) is 0 Å². The first-order valence-electron chi connectivity index (χ1n) is 11.4. The van der Waals surface area contributed by atoms with Crippen molar-refractivity contribution in [1.82, 2.24) is 4.40 Å². The van der Waals surface area contributed by atoms with Crippen LogP contribution >= 0.6 is 11.3 Å². The zero-order valence-corrected chi connectivity index (χ0v) is 18.9. The van der Waals surface area contributed by atoms with Crippen LogP contribution in [0.3, 0.4) is 0 Å². The zero-order valence-electron chi connectivity index (χ0n) is 18.1. The van der Waals surface area contributed by atoms with Gasteiger partial charge < -0.3 is 0 Å². The van der Waals surface area contributed by atoms with Crippen LogP contribution in [0.5, 0.6) is 0 Å². The largest absolute Gasteiger partial charge is 0.275 e. The molecule has 0 atom stereocenters. The van der Waals surface area contributed by atoms with Crippen molar-refractivity contribution in [2.24, 2.45) is 0 Å². The Balaban J connectivity index is 1.47. The van der Waals surface area contributed by atoms with Crippen LogP contribution in [0.4, 0.5) is 0 Å². The minimum atomic E-state index is 0.0470. The van der Waals surface area contributed by atoms with E-state index in [2.05, 4.69) is 78.9 Å². The fourth-order valence-corrected chi connectivity index (χ4v) is 6.69. The van der Waals surface area contributed by atoms with Gasteiger partial charge in [-0.3, -0.25) is 9.20 Å². The van der Waals surface area contributed by atoms with E-state index < -0.39 is 0 Å². The maximum absolute atomic E-state index is 13.7. The number of benzene rings is 5. The summed E-state index contributed by atoms with van der Waals surface area (Å²) < 4.78 is 4.50. The lowest BCUT2D eigenvalue weighted by Crippen LogP contribution is -2.12. The first-order chi connectivity index (χ1) is 16.8. The van der Waals surface area contributed by atoms with Crippen molar-refractivity contribution in [3.63, 3.8) is 0 Å². The van der Waals surface area contributed by atoms with Crippen molar-refractivity contribution in [3.8, 4) is 11.1 Å². The highest BCUT2D eigenvalue weighted by Gasteiger charge is 2.17. The Hall–Kier alpha value is -4.21. The molecule has 158 valence electrons. The fourth-order valence-electron chi connectivity index (χ4n) is 5.61. The SMILES string of the molecule is O=c1c2ccc(-c3ccc4sc5ccccc5c4c3)cc2c2cccc3c4ccccc4n1c23. The molecule has 0 unspecified atom stereocenters. The topological polar surface area (TPSA) is 21.5 Å². The fraction of sp³-hybridized carbons (Fsp3) is 0. The van der Waals surface area contributed by atoms with E-state index in [1.54, 1.807) is 0 Å². The Bertz CT molecular complexity index is 2150. The average Bonchev–Trinajstić information content (AvgIpc) is 3.43. The van der Waals surface area contributed by atoms with E-state index >= 15 is 0 Å². The predicted molar refractivity (Wildman–Crippen MR) is 146 cm³/mol. The molecule has 8 rings (SSSR count). The van der Waals surface area contributed by atoms with Crippen LogP contribution in [0.2, 0.25) is 0 Å². The van der Waals surface area contributed by atoms with Gasteiger partial charge in [0.05, 0.1) is 11.0 Å². The third-order valence-corrected chi connectivity index (χ3v) is 8.30. The maximum Gasteiger partial charge on any atom is 0.263 e. The van der Waals surface area contributed by atoms with Gasteiger partial charge in [0.1, 0.15) is 0 Å². The van der Waals surface area contributed by atoms with Crippen molar-refractivity contribution < 1.29 is 0 Å². The number of hydrogen-bond donors (Lipinski definition) is 0. The highest BCUT2D eigenvalue weighted by Crippen LogP contribution is 2.38. The maximum atomic E-state index is 13.7. The van der Waals surface area contributed by atoms with E-state index in [1.165, 1.54) is 25.7 Å². The summed E-state index contributed by atoms with van der Waals surface area (Å²) in [5.41, 5.74) is 4.33. The highest BCUT2D eigenvalue weighted by atomic mass is 32.1. The van der Waals surface area contributed by atoms with Crippen molar-refractivity contribution in [2.75, 3.05) is 0 Å². The number of hydrogen-bond acceptors (Lipinski definition) is 2. The lowest BCUT2D eigenvalue weighted by molar-refractivity contribution is 1.21. The lowest BCUT2D eigenvalue weighted by atomic mass is 9.98. The quantitative estimate of drug-likeness (QED) is 0.230. The Morgan fingerprint density at radius 1 is 0.500 bits per heavy atom. The Morgan fingerprint density at radius 2 is 1.15 bits per heavy atom. The minimum absolute atomic E-state index is 0.0470. The predicted octanol–water partition coefficient (Wildman–Crippen LogP) is 8.23. The van der Waals surface area contributed by atoms with Gasteiger partial charge in [0.15, 0.2) is 0 Å². The van der Waals surface area contributed by atoms with Crippen molar-refractivity contribution in [1.29, 1.82) is 0 Å². The number of thiophene rings is 1. The van der Waals surface area contributed by atoms with E-state index in [1.807, 2.05) is 40.0 Å². The van der Waals surface area contributed by atoms with Gasteiger partial charge in [-0.2, -0.15) is 0 Å². The van der Waals surface area contributed by atoms with Crippen molar-refractivity contribution in [2.45, 2.75) is 0 Å². The molecule has 0 bridgehead atoms. The Kier molecular flexibility index (Phi) is 3.45. The molecule has 0 fully saturated rings. The third-order valence-electron chi connectivity index (χ3n) is 7.15. The second-order valence-electron chi connectivity index (χ2n) is 8.93. The van der Waals surface area contributed by atoms with Gasteiger partial charge in [-0.1, -0.05) is 66.7 Å². The Morgan fingerprint density at radius 3 is 2.03 bits per heavy atom. The Labute approximate surface area is 198 Å². The smallest absolute Gasteiger partial charge is 0.263 e. The molecule has 0 spiro atoms. The number of aromatic nitrogens is 1. The molecule has 34 heavy (non-hydrogen) atoms. The molecular weight excluding hydrogens is 434 g/mol. The second-order valence-corrected chi connectivity index (χ2v) is 10.0. The first kappa shape index (κ1) is 18.2. The van der Waals surface area contributed by atoms with Gasteiger partial charge in [0.2, 0.25) is 0 Å². The lowest BCUT2D eigenvalue weighted by Gasteiger charge is -2.09. The van der Waals surface area contributed by atoms with Gasteiger partial charge >= 0.3 is 0 Å². The van der Waals surface area contributed by atoms with Gasteiger partial charge in [0, 0.05) is 41.7 Å². The van der Waals surface area contributed by atoms with Crippen LogP contribution in [0.25, 0.3) is 69.3 Å². The summed E-state index contributed by atoms with van der Waals surface area (Å²) in [5.74, 6) is 0. The van der Waals surface area contributed by atoms with Crippen LogP contribution in [0.1, 0.15) is 0 Å². The van der Waals surface area contributed by atoms with Crippen LogP contribution in [-0.2, 0) is 0 Å². The first-order valence-corrected chi connectivity index (χ1v) is 12.2. The highest BCUT2D eigenvalue weighted by molar-refractivity contribution is 7.25. The van der Waals surface area contributed by atoms with Crippen molar-refractivity contribution >= 4 is 69.5 Å². The zero-order chi connectivity index (χ0) is 22.4. The van der Waals surface area contributed by atoms with Crippen LogP contribution in [0, 0.1) is 0 Å². The molecule has 0 aliphatic heterocycles. The molecule has 8 aromatic rings. The standard InChI is InChI=1S/C31H17NOS/c33-31-24-14-12-18(19-13-15-29-26(17-19)21-7-2-4-11-28(21)34-29)16-25(24)23-9-5-8-22-20-6-1-3-10-27(20)32(31)30(22)23/h1-17H. The summed E-state index contributed by atoms with van der Waals surface area (Å²) in [6.45, 7) is 0. The van der Waals surface area contributed by atoms with E-state index in [0.717, 1.165) is 43.5 Å². The summed E-state index contributed by atoms with van der Waals surface area (Å²) in [4.78, 5) is 13.7. The number of para-hydroxylation sites is 2. The molecule has 0 aliphatic rings.